The molecule has 0 aliphatic rings. The number of rotatable bonds is 3. The summed E-state index contributed by atoms with van der Waals surface area (Å²) in [5.74, 6) is -0.336. The van der Waals surface area contributed by atoms with Crippen molar-refractivity contribution in [1.82, 2.24) is 20.2 Å². The van der Waals surface area contributed by atoms with Gasteiger partial charge in [-0.2, -0.15) is 0 Å². The third kappa shape index (κ3) is 2.39. The monoisotopic (exact) mass is 233 g/mol. The molecule has 2 aromatic heterocycles. The first-order chi connectivity index (χ1) is 8.18. The highest BCUT2D eigenvalue weighted by Gasteiger charge is 2.19. The van der Waals surface area contributed by atoms with Gasteiger partial charge >= 0.3 is 0 Å². The van der Waals surface area contributed by atoms with Crippen LogP contribution in [0.4, 0.5) is 5.82 Å². The summed E-state index contributed by atoms with van der Waals surface area (Å²) in [6, 6.07) is 3.66. The number of hydrogen-bond acceptors (Lipinski definition) is 6. The molecule has 17 heavy (non-hydrogen) atoms. The third-order valence-electron chi connectivity index (χ3n) is 2.23. The van der Waals surface area contributed by atoms with E-state index in [1.807, 2.05) is 12.1 Å². The molecule has 88 valence electrons. The molecule has 1 amide bonds. The summed E-state index contributed by atoms with van der Waals surface area (Å²) in [6.07, 6.45) is 3.33. The molecule has 0 saturated heterocycles. The van der Waals surface area contributed by atoms with Gasteiger partial charge in [-0.1, -0.05) is 0 Å². The molecule has 7 nitrogen and oxygen atoms in total. The lowest BCUT2D eigenvalue weighted by atomic mass is 10.2. The Hall–Kier alpha value is -2.44. The zero-order valence-electron chi connectivity index (χ0n) is 9.20. The highest BCUT2D eigenvalue weighted by molar-refractivity contribution is 5.95. The number of nitrogen functional groups attached to an aromatic ring is 1. The van der Waals surface area contributed by atoms with Gasteiger partial charge in [0.2, 0.25) is 11.5 Å². The van der Waals surface area contributed by atoms with Crippen molar-refractivity contribution in [2.75, 3.05) is 12.8 Å². The standard InChI is InChI=1S/C10H11N5O2/c1-15(6-7-2-4-12-5-3-7)10(16)8-9(11)14-17-13-8/h2-5H,6H2,1H3,(H2,11,14). The molecule has 0 atom stereocenters. The van der Waals surface area contributed by atoms with Crippen molar-refractivity contribution in [3.63, 3.8) is 0 Å². The largest absolute Gasteiger partial charge is 0.379 e. The summed E-state index contributed by atoms with van der Waals surface area (Å²) in [4.78, 5) is 17.3. The molecule has 2 heterocycles. The Labute approximate surface area is 97.2 Å². The number of anilines is 1. The number of amides is 1. The van der Waals surface area contributed by atoms with E-state index in [-0.39, 0.29) is 17.4 Å². The molecule has 0 aromatic carbocycles. The highest BCUT2D eigenvalue weighted by atomic mass is 16.6. The highest BCUT2D eigenvalue weighted by Crippen LogP contribution is 2.09. The first-order valence-electron chi connectivity index (χ1n) is 4.91. The van der Waals surface area contributed by atoms with Crippen molar-refractivity contribution in [3.8, 4) is 0 Å². The maximum absolute atomic E-state index is 11.9. The van der Waals surface area contributed by atoms with Crippen LogP contribution in [0.1, 0.15) is 16.1 Å². The molecule has 0 bridgehead atoms. The Morgan fingerprint density at radius 1 is 1.41 bits per heavy atom. The first kappa shape index (κ1) is 11.1. The maximum atomic E-state index is 11.9. The van der Waals surface area contributed by atoms with Gasteiger partial charge in [0.05, 0.1) is 0 Å². The van der Waals surface area contributed by atoms with Crippen LogP contribution in [0.15, 0.2) is 29.2 Å². The second-order valence-electron chi connectivity index (χ2n) is 3.51. The van der Waals surface area contributed by atoms with Crippen LogP contribution in [0.2, 0.25) is 0 Å². The van der Waals surface area contributed by atoms with E-state index in [9.17, 15) is 4.79 Å². The average Bonchev–Trinajstić information content (AvgIpc) is 2.76. The summed E-state index contributed by atoms with van der Waals surface area (Å²) in [6.45, 7) is 0.438. The van der Waals surface area contributed by atoms with Crippen molar-refractivity contribution in [1.29, 1.82) is 0 Å². The minimum absolute atomic E-state index is 0.00317. The van der Waals surface area contributed by atoms with Crippen molar-refractivity contribution in [2.45, 2.75) is 6.54 Å². The fourth-order valence-corrected chi connectivity index (χ4v) is 1.36. The van der Waals surface area contributed by atoms with Crippen LogP contribution < -0.4 is 5.73 Å². The van der Waals surface area contributed by atoms with E-state index in [0.29, 0.717) is 6.54 Å². The third-order valence-corrected chi connectivity index (χ3v) is 2.23. The summed E-state index contributed by atoms with van der Waals surface area (Å²) in [5, 5.41) is 6.83. The maximum Gasteiger partial charge on any atom is 0.280 e. The normalized spacial score (nSPS) is 10.2. The number of aromatic nitrogens is 3. The van der Waals surface area contributed by atoms with Crippen LogP contribution in [0.5, 0.6) is 0 Å². The summed E-state index contributed by atoms with van der Waals surface area (Å²) < 4.78 is 4.38. The minimum atomic E-state index is -0.333. The zero-order chi connectivity index (χ0) is 12.3. The average molecular weight is 233 g/mol. The fraction of sp³-hybridized carbons (Fsp3) is 0.200. The van der Waals surface area contributed by atoms with Gasteiger partial charge in [-0.3, -0.25) is 9.78 Å². The molecule has 0 unspecified atom stereocenters. The minimum Gasteiger partial charge on any atom is -0.379 e. The van der Waals surface area contributed by atoms with Gasteiger partial charge in [0.1, 0.15) is 0 Å². The van der Waals surface area contributed by atoms with Gasteiger partial charge in [0.15, 0.2) is 0 Å². The molecule has 0 fully saturated rings. The smallest absolute Gasteiger partial charge is 0.280 e. The Morgan fingerprint density at radius 2 is 2.12 bits per heavy atom. The predicted octanol–water partition coefficient (Wildman–Crippen LogP) is 0.319. The van der Waals surface area contributed by atoms with E-state index < -0.39 is 0 Å². The summed E-state index contributed by atoms with van der Waals surface area (Å²) in [7, 11) is 1.65. The zero-order valence-corrected chi connectivity index (χ0v) is 9.20. The van der Waals surface area contributed by atoms with Crippen molar-refractivity contribution in [3.05, 3.63) is 35.8 Å². The van der Waals surface area contributed by atoms with Crippen molar-refractivity contribution >= 4 is 11.7 Å². The van der Waals surface area contributed by atoms with Crippen LogP contribution in [0, 0.1) is 0 Å². The van der Waals surface area contributed by atoms with Crippen LogP contribution in [0.3, 0.4) is 0 Å². The van der Waals surface area contributed by atoms with E-state index in [1.54, 1.807) is 19.4 Å². The fourth-order valence-electron chi connectivity index (χ4n) is 1.36. The Balaban J connectivity index is 2.09. The molecule has 0 spiro atoms. The molecule has 0 aliphatic carbocycles. The van der Waals surface area contributed by atoms with Gasteiger partial charge in [0, 0.05) is 26.0 Å². The molecule has 2 N–H and O–H groups in total. The molecule has 7 heteroatoms. The second kappa shape index (κ2) is 4.60. The lowest BCUT2D eigenvalue weighted by Gasteiger charge is -2.15. The first-order valence-corrected chi connectivity index (χ1v) is 4.91. The molecular formula is C10H11N5O2. The Morgan fingerprint density at radius 3 is 2.71 bits per heavy atom. The quantitative estimate of drug-likeness (QED) is 0.819. The van der Waals surface area contributed by atoms with Crippen LogP contribution in [-0.2, 0) is 6.54 Å². The summed E-state index contributed by atoms with van der Waals surface area (Å²) >= 11 is 0. The summed E-state index contributed by atoms with van der Waals surface area (Å²) in [5.41, 5.74) is 6.44. The molecule has 2 rings (SSSR count). The number of carbonyl (C=O) groups excluding carboxylic acids is 1. The van der Waals surface area contributed by atoms with E-state index in [0.717, 1.165) is 5.56 Å². The van der Waals surface area contributed by atoms with E-state index in [2.05, 4.69) is 19.9 Å². The number of hydrogen-bond donors (Lipinski definition) is 1. The van der Waals surface area contributed by atoms with Crippen molar-refractivity contribution in [2.24, 2.45) is 0 Å². The van der Waals surface area contributed by atoms with Gasteiger partial charge in [-0.25, -0.2) is 4.63 Å². The SMILES string of the molecule is CN(Cc1ccncc1)C(=O)c1nonc1N. The van der Waals surface area contributed by atoms with Gasteiger partial charge in [0.25, 0.3) is 5.91 Å². The number of pyridine rings is 1. The van der Waals surface area contributed by atoms with Gasteiger partial charge in [-0.05, 0) is 28.0 Å². The molecule has 0 aliphatic heterocycles. The second-order valence-corrected chi connectivity index (χ2v) is 3.51. The van der Waals surface area contributed by atoms with Crippen LogP contribution >= 0.6 is 0 Å². The lowest BCUT2D eigenvalue weighted by molar-refractivity contribution is 0.0774. The van der Waals surface area contributed by atoms with E-state index >= 15 is 0 Å². The number of carbonyl (C=O) groups is 1. The van der Waals surface area contributed by atoms with E-state index in [1.165, 1.54) is 4.90 Å². The molecular weight excluding hydrogens is 222 g/mol. The number of nitrogens with zero attached hydrogens (tertiary/aromatic N) is 4. The lowest BCUT2D eigenvalue weighted by Crippen LogP contribution is -2.27. The van der Waals surface area contributed by atoms with E-state index in [4.69, 9.17) is 5.73 Å². The topological polar surface area (TPSA) is 98.1 Å². The molecule has 2 aromatic rings. The van der Waals surface area contributed by atoms with Gasteiger partial charge in [-0.15, -0.1) is 0 Å². The van der Waals surface area contributed by atoms with Crippen LogP contribution in [0.25, 0.3) is 0 Å². The Kier molecular flexibility index (Phi) is 2.99. The Bertz CT molecular complexity index is 510. The molecule has 0 saturated carbocycles. The number of nitrogens with two attached hydrogens (primary N) is 1. The van der Waals surface area contributed by atoms with Crippen LogP contribution in [-0.4, -0.2) is 33.2 Å². The van der Waals surface area contributed by atoms with Gasteiger partial charge < -0.3 is 10.6 Å². The van der Waals surface area contributed by atoms with Crippen molar-refractivity contribution < 1.29 is 9.42 Å². The molecule has 0 radical (unpaired) electrons. The predicted molar refractivity (Wildman–Crippen MR) is 58.7 cm³/mol.